The number of H-pyrrole nitrogens is 1. The Bertz CT molecular complexity index is 1550. The van der Waals surface area contributed by atoms with E-state index >= 15 is 0 Å². The molecule has 2 amide bonds. The Morgan fingerprint density at radius 3 is 2.52 bits per heavy atom. The maximum atomic E-state index is 13.8. The van der Waals surface area contributed by atoms with E-state index in [1.807, 2.05) is 0 Å². The zero-order valence-corrected chi connectivity index (χ0v) is 22.6. The molecular weight excluding hydrogens is 546 g/mol. The summed E-state index contributed by atoms with van der Waals surface area (Å²) in [7, 11) is -4.29. The SMILES string of the molecule is CC1(C)CN(S(=O)(=O)c2cc(F)cc(F)c2)Cc2c(NC(=O)c3ccncc3NC(=O)C3CCOCC3)n[nH]c21. The van der Waals surface area contributed by atoms with Crippen molar-refractivity contribution in [3.05, 3.63) is 65.1 Å². The Balaban J connectivity index is 1.40. The van der Waals surface area contributed by atoms with Crippen LogP contribution in [-0.2, 0) is 31.5 Å². The summed E-state index contributed by atoms with van der Waals surface area (Å²) < 4.78 is 60.8. The lowest BCUT2D eigenvalue weighted by Crippen LogP contribution is -2.45. The Labute approximate surface area is 229 Å². The topological polar surface area (TPSA) is 146 Å². The van der Waals surface area contributed by atoms with Gasteiger partial charge in [-0.3, -0.25) is 19.7 Å². The highest BCUT2D eigenvalue weighted by molar-refractivity contribution is 7.89. The number of fused-ring (bicyclic) bond motifs is 1. The molecule has 0 aliphatic carbocycles. The first-order valence-corrected chi connectivity index (χ1v) is 14.1. The minimum Gasteiger partial charge on any atom is -0.381 e. The molecule has 3 N–H and O–H groups in total. The van der Waals surface area contributed by atoms with E-state index in [2.05, 4.69) is 25.8 Å². The number of pyridine rings is 1. The number of aromatic amines is 1. The molecule has 0 unspecified atom stereocenters. The van der Waals surface area contributed by atoms with Crippen molar-refractivity contribution in [2.45, 2.75) is 43.5 Å². The number of benzene rings is 1. The number of carbonyl (C=O) groups excluding carboxylic acids is 2. The van der Waals surface area contributed by atoms with Crippen LogP contribution in [0.3, 0.4) is 0 Å². The maximum absolute atomic E-state index is 13.8. The number of hydrogen-bond donors (Lipinski definition) is 3. The summed E-state index contributed by atoms with van der Waals surface area (Å²) in [5.41, 5.74) is 0.608. The minimum atomic E-state index is -4.29. The number of aromatic nitrogens is 3. The first-order valence-electron chi connectivity index (χ1n) is 12.6. The van der Waals surface area contributed by atoms with Crippen LogP contribution in [0, 0.1) is 17.6 Å². The van der Waals surface area contributed by atoms with Gasteiger partial charge in [0.2, 0.25) is 15.9 Å². The predicted molar refractivity (Wildman–Crippen MR) is 140 cm³/mol. The maximum Gasteiger partial charge on any atom is 0.259 e. The van der Waals surface area contributed by atoms with Crippen LogP contribution in [0.25, 0.3) is 0 Å². The lowest BCUT2D eigenvalue weighted by molar-refractivity contribution is -0.122. The van der Waals surface area contributed by atoms with E-state index in [1.54, 1.807) is 13.8 Å². The van der Waals surface area contributed by atoms with Crippen molar-refractivity contribution in [1.82, 2.24) is 19.5 Å². The fourth-order valence-corrected chi connectivity index (χ4v) is 6.61. The van der Waals surface area contributed by atoms with Crippen LogP contribution in [-0.4, -0.2) is 59.5 Å². The summed E-state index contributed by atoms with van der Waals surface area (Å²) in [6, 6.07) is 3.57. The van der Waals surface area contributed by atoms with Gasteiger partial charge < -0.3 is 15.4 Å². The number of rotatable bonds is 6. The van der Waals surface area contributed by atoms with Gasteiger partial charge in [-0.05, 0) is 31.0 Å². The predicted octanol–water partition coefficient (Wildman–Crippen LogP) is 3.18. The Morgan fingerprint density at radius 2 is 1.82 bits per heavy atom. The van der Waals surface area contributed by atoms with Crippen molar-refractivity contribution in [1.29, 1.82) is 0 Å². The van der Waals surface area contributed by atoms with Gasteiger partial charge in [-0.1, -0.05) is 13.8 Å². The number of amides is 2. The number of nitrogens with zero attached hydrogens (tertiary/aromatic N) is 3. The average molecular weight is 575 g/mol. The van der Waals surface area contributed by atoms with Gasteiger partial charge in [-0.25, -0.2) is 17.2 Å². The third kappa shape index (κ3) is 5.46. The minimum absolute atomic E-state index is 0.00276. The molecule has 2 aliphatic heterocycles. The normalized spacial score (nSPS) is 17.7. The smallest absolute Gasteiger partial charge is 0.259 e. The third-order valence-corrected chi connectivity index (χ3v) is 8.84. The number of halogens is 2. The van der Waals surface area contributed by atoms with Gasteiger partial charge in [0.05, 0.1) is 22.3 Å². The fourth-order valence-electron chi connectivity index (χ4n) is 4.99. The van der Waals surface area contributed by atoms with Crippen molar-refractivity contribution in [3.8, 4) is 0 Å². The van der Waals surface area contributed by atoms with Gasteiger partial charge in [0, 0.05) is 61.2 Å². The molecule has 2 aliphatic rings. The molecule has 3 aromatic rings. The Morgan fingerprint density at radius 1 is 1.12 bits per heavy atom. The van der Waals surface area contributed by atoms with Gasteiger partial charge in [0.1, 0.15) is 11.6 Å². The number of hydrogen-bond acceptors (Lipinski definition) is 7. The van der Waals surface area contributed by atoms with Crippen molar-refractivity contribution in [2.24, 2.45) is 5.92 Å². The molecule has 11 nitrogen and oxygen atoms in total. The highest BCUT2D eigenvalue weighted by atomic mass is 32.2. The van der Waals surface area contributed by atoms with Crippen molar-refractivity contribution < 1.29 is 31.5 Å². The molecule has 0 radical (unpaired) electrons. The second-order valence-electron chi connectivity index (χ2n) is 10.4. The van der Waals surface area contributed by atoms with Crippen LogP contribution in [0.2, 0.25) is 0 Å². The van der Waals surface area contributed by atoms with Gasteiger partial charge >= 0.3 is 0 Å². The van der Waals surface area contributed by atoms with E-state index in [1.165, 1.54) is 18.5 Å². The summed E-state index contributed by atoms with van der Waals surface area (Å²) in [6.07, 6.45) is 3.94. The lowest BCUT2D eigenvalue weighted by atomic mass is 9.84. The van der Waals surface area contributed by atoms with E-state index in [0.29, 0.717) is 43.4 Å². The molecule has 40 heavy (non-hydrogen) atoms. The first-order chi connectivity index (χ1) is 19.0. The molecule has 0 spiro atoms. The molecule has 1 saturated heterocycles. The number of ether oxygens (including phenoxy) is 1. The van der Waals surface area contributed by atoms with E-state index in [9.17, 15) is 26.8 Å². The number of sulfonamides is 1. The van der Waals surface area contributed by atoms with Gasteiger partial charge in [-0.15, -0.1) is 0 Å². The summed E-state index contributed by atoms with van der Waals surface area (Å²) in [6.45, 7) is 4.35. The van der Waals surface area contributed by atoms with E-state index in [0.717, 1.165) is 16.4 Å². The zero-order valence-electron chi connectivity index (χ0n) is 21.8. The molecule has 4 heterocycles. The van der Waals surface area contributed by atoms with Crippen molar-refractivity contribution in [3.63, 3.8) is 0 Å². The largest absolute Gasteiger partial charge is 0.381 e. The molecular formula is C26H28F2N6O5S. The molecule has 0 saturated carbocycles. The third-order valence-electron chi connectivity index (χ3n) is 7.07. The number of nitrogens with one attached hydrogen (secondary N) is 3. The fraction of sp³-hybridized carbons (Fsp3) is 0.385. The van der Waals surface area contributed by atoms with Gasteiger partial charge in [-0.2, -0.15) is 9.40 Å². The van der Waals surface area contributed by atoms with Crippen LogP contribution < -0.4 is 10.6 Å². The van der Waals surface area contributed by atoms with E-state index in [4.69, 9.17) is 4.74 Å². The molecule has 1 aromatic carbocycles. The summed E-state index contributed by atoms with van der Waals surface area (Å²) in [5, 5.41) is 12.6. The van der Waals surface area contributed by atoms with Crippen LogP contribution in [0.4, 0.5) is 20.3 Å². The van der Waals surface area contributed by atoms with E-state index < -0.39 is 37.9 Å². The second-order valence-corrected chi connectivity index (χ2v) is 12.4. The molecule has 14 heteroatoms. The first kappa shape index (κ1) is 27.8. The van der Waals surface area contributed by atoms with Crippen LogP contribution in [0.5, 0.6) is 0 Å². The molecule has 5 rings (SSSR count). The van der Waals surface area contributed by atoms with Crippen molar-refractivity contribution in [2.75, 3.05) is 30.4 Å². The Kier molecular flexibility index (Phi) is 7.42. The number of anilines is 2. The summed E-state index contributed by atoms with van der Waals surface area (Å²) >= 11 is 0. The molecule has 0 bridgehead atoms. The number of carbonyl (C=O) groups is 2. The van der Waals surface area contributed by atoms with E-state index in [-0.39, 0.29) is 42.0 Å². The molecule has 1 fully saturated rings. The zero-order chi connectivity index (χ0) is 28.7. The monoisotopic (exact) mass is 574 g/mol. The highest BCUT2D eigenvalue weighted by Gasteiger charge is 2.41. The van der Waals surface area contributed by atoms with Crippen LogP contribution >= 0.6 is 0 Å². The molecule has 0 atom stereocenters. The highest BCUT2D eigenvalue weighted by Crippen LogP contribution is 2.38. The van der Waals surface area contributed by atoms with Crippen LogP contribution in [0.15, 0.2) is 41.6 Å². The summed E-state index contributed by atoms with van der Waals surface area (Å²) in [5.74, 6) is -3.00. The second kappa shape index (κ2) is 10.7. The van der Waals surface area contributed by atoms with Crippen LogP contribution in [0.1, 0.15) is 48.3 Å². The molecule has 212 valence electrons. The Hall–Kier alpha value is -3.75. The van der Waals surface area contributed by atoms with Crippen molar-refractivity contribution >= 4 is 33.3 Å². The molecule has 2 aromatic heterocycles. The quantitative estimate of drug-likeness (QED) is 0.410. The van der Waals surface area contributed by atoms with Gasteiger partial charge in [0.25, 0.3) is 5.91 Å². The standard InChI is InChI=1S/C26H28F2N6O5S/c1-26(2)14-34(40(37,38)18-10-16(27)9-17(28)11-18)13-20-22(26)32-33-23(20)31-25(36)19-3-6-29-12-21(19)30-24(35)15-4-7-39-8-5-15/h3,6,9-12,15H,4-5,7-8,13-14H2,1-2H3,(H,30,35)(H2,31,32,33,36). The average Bonchev–Trinajstić information content (AvgIpc) is 3.32. The lowest BCUT2D eigenvalue weighted by Gasteiger charge is -2.36. The summed E-state index contributed by atoms with van der Waals surface area (Å²) in [4.78, 5) is 29.6. The van der Waals surface area contributed by atoms with Gasteiger partial charge in [0.15, 0.2) is 5.82 Å².